The molecule has 0 bridgehead atoms. The van der Waals surface area contributed by atoms with Gasteiger partial charge in [0, 0.05) is 43.7 Å². The molecule has 2 aromatic carbocycles. The molecule has 1 aliphatic rings. The maximum absolute atomic E-state index is 6.56. The van der Waals surface area contributed by atoms with Crippen LogP contribution in [-0.4, -0.2) is 38.3 Å². The van der Waals surface area contributed by atoms with E-state index in [9.17, 15) is 0 Å². The van der Waals surface area contributed by atoms with Crippen LogP contribution in [0.5, 0.6) is 5.75 Å². The molecule has 0 spiro atoms. The van der Waals surface area contributed by atoms with Crippen LogP contribution in [0.2, 0.25) is 5.02 Å². The van der Waals surface area contributed by atoms with E-state index in [4.69, 9.17) is 27.1 Å². The zero-order valence-electron chi connectivity index (χ0n) is 15.3. The van der Waals surface area contributed by atoms with Crippen LogP contribution in [0.3, 0.4) is 0 Å². The molecule has 2 heterocycles. The molecule has 1 aliphatic heterocycles. The Labute approximate surface area is 164 Å². The third-order valence-electron chi connectivity index (χ3n) is 5.00. The number of methoxy groups -OCH3 is 1. The molecule has 0 atom stereocenters. The van der Waals surface area contributed by atoms with Gasteiger partial charge < -0.3 is 20.7 Å². The highest BCUT2D eigenvalue weighted by Gasteiger charge is 2.16. The van der Waals surface area contributed by atoms with E-state index >= 15 is 0 Å². The molecule has 0 radical (unpaired) electrons. The Hall–Kier alpha value is -2.34. The van der Waals surface area contributed by atoms with Crippen LogP contribution in [-0.2, 0) is 6.54 Å². The molecule has 0 saturated carbocycles. The first-order chi connectivity index (χ1) is 13.2. The summed E-state index contributed by atoms with van der Waals surface area (Å²) < 4.78 is 5.37. The van der Waals surface area contributed by atoms with Crippen LogP contribution >= 0.6 is 11.6 Å². The number of benzene rings is 2. The van der Waals surface area contributed by atoms with E-state index in [0.29, 0.717) is 11.6 Å². The van der Waals surface area contributed by atoms with Crippen LogP contribution in [0.15, 0.2) is 42.5 Å². The van der Waals surface area contributed by atoms with Crippen LogP contribution in [0.25, 0.3) is 22.0 Å². The van der Waals surface area contributed by atoms with Crippen molar-refractivity contribution in [2.75, 3.05) is 38.2 Å². The molecule has 3 N–H and O–H groups in total. The number of ether oxygens (including phenoxy) is 1. The Morgan fingerprint density at radius 1 is 1.11 bits per heavy atom. The SMILES string of the molecule is COc1ccc(-c2ccc3nc(N4CCNCC4)c(Cl)cc3c2)cc1CN. The van der Waals surface area contributed by atoms with E-state index in [1.165, 1.54) is 0 Å². The van der Waals surface area contributed by atoms with Gasteiger partial charge in [-0.3, -0.25) is 0 Å². The van der Waals surface area contributed by atoms with E-state index in [1.807, 2.05) is 18.2 Å². The Bertz CT molecular complexity index is 970. The summed E-state index contributed by atoms with van der Waals surface area (Å²) in [5.74, 6) is 1.68. The zero-order chi connectivity index (χ0) is 18.8. The highest BCUT2D eigenvalue weighted by atomic mass is 35.5. The molecule has 0 unspecified atom stereocenters. The van der Waals surface area contributed by atoms with Crippen molar-refractivity contribution >= 4 is 28.3 Å². The van der Waals surface area contributed by atoms with Crippen LogP contribution < -0.4 is 20.7 Å². The fraction of sp³-hybridized carbons (Fsp3) is 0.286. The highest BCUT2D eigenvalue weighted by Crippen LogP contribution is 2.32. The van der Waals surface area contributed by atoms with Crippen molar-refractivity contribution in [2.24, 2.45) is 5.73 Å². The third-order valence-corrected chi connectivity index (χ3v) is 5.28. The maximum atomic E-state index is 6.56. The molecule has 0 aliphatic carbocycles. The van der Waals surface area contributed by atoms with Crippen LogP contribution in [0.4, 0.5) is 5.82 Å². The van der Waals surface area contributed by atoms with Gasteiger partial charge in [-0.15, -0.1) is 0 Å². The number of nitrogens with one attached hydrogen (secondary N) is 1. The summed E-state index contributed by atoms with van der Waals surface area (Å²) in [6, 6.07) is 14.4. The van der Waals surface area contributed by atoms with Crippen molar-refractivity contribution in [3.05, 3.63) is 53.1 Å². The largest absolute Gasteiger partial charge is 0.496 e. The van der Waals surface area contributed by atoms with E-state index in [1.54, 1.807) is 7.11 Å². The summed E-state index contributed by atoms with van der Waals surface area (Å²) in [6.45, 7) is 4.19. The summed E-state index contributed by atoms with van der Waals surface area (Å²) >= 11 is 6.56. The predicted molar refractivity (Wildman–Crippen MR) is 112 cm³/mol. The topological polar surface area (TPSA) is 63.4 Å². The predicted octanol–water partition coefficient (Wildman–Crippen LogP) is 3.43. The molecule has 4 rings (SSSR count). The zero-order valence-corrected chi connectivity index (χ0v) is 16.1. The minimum absolute atomic E-state index is 0.437. The molecule has 27 heavy (non-hydrogen) atoms. The Morgan fingerprint density at radius 2 is 1.85 bits per heavy atom. The fourth-order valence-corrected chi connectivity index (χ4v) is 3.82. The van der Waals surface area contributed by atoms with Gasteiger partial charge in [-0.25, -0.2) is 4.98 Å². The molecule has 140 valence electrons. The normalized spacial score (nSPS) is 14.6. The standard InChI is InChI=1S/C21H23ClN4O/c1-27-20-5-3-15(11-17(20)13-23)14-2-4-19-16(10-14)12-18(22)21(25-19)26-8-6-24-7-9-26/h2-5,10-12,24H,6-9,13,23H2,1H3. The number of halogens is 1. The number of hydrogen-bond acceptors (Lipinski definition) is 5. The summed E-state index contributed by atoms with van der Waals surface area (Å²) in [5.41, 5.74) is 9.99. The lowest BCUT2D eigenvalue weighted by Crippen LogP contribution is -2.44. The molecule has 0 amide bonds. The number of piperazine rings is 1. The minimum atomic E-state index is 0.437. The number of anilines is 1. The highest BCUT2D eigenvalue weighted by molar-refractivity contribution is 6.33. The average Bonchev–Trinajstić information content (AvgIpc) is 2.73. The lowest BCUT2D eigenvalue weighted by Gasteiger charge is -2.29. The number of aromatic nitrogens is 1. The first kappa shape index (κ1) is 18.0. The first-order valence-electron chi connectivity index (χ1n) is 9.13. The van der Waals surface area contributed by atoms with Crippen molar-refractivity contribution in [3.63, 3.8) is 0 Å². The minimum Gasteiger partial charge on any atom is -0.496 e. The van der Waals surface area contributed by atoms with Crippen LogP contribution in [0.1, 0.15) is 5.56 Å². The average molecular weight is 383 g/mol. The molecule has 6 heteroatoms. The number of nitrogens with two attached hydrogens (primary N) is 1. The van der Waals surface area contributed by atoms with Gasteiger partial charge in [0.25, 0.3) is 0 Å². The second-order valence-corrected chi connectivity index (χ2v) is 7.08. The number of nitrogens with zero attached hydrogens (tertiary/aromatic N) is 2. The summed E-state index contributed by atoms with van der Waals surface area (Å²) in [7, 11) is 1.66. The van der Waals surface area contributed by atoms with Crippen molar-refractivity contribution in [1.29, 1.82) is 0 Å². The van der Waals surface area contributed by atoms with Gasteiger partial charge in [-0.2, -0.15) is 0 Å². The first-order valence-corrected chi connectivity index (χ1v) is 9.50. The Balaban J connectivity index is 1.72. The van der Waals surface area contributed by atoms with E-state index in [2.05, 4.69) is 34.5 Å². The lowest BCUT2D eigenvalue weighted by molar-refractivity contribution is 0.410. The molecule has 5 nitrogen and oxygen atoms in total. The van der Waals surface area contributed by atoms with Gasteiger partial charge in [-0.1, -0.05) is 23.7 Å². The van der Waals surface area contributed by atoms with Crippen molar-refractivity contribution in [2.45, 2.75) is 6.54 Å². The summed E-state index contributed by atoms with van der Waals surface area (Å²) in [5, 5.41) is 5.08. The molecular formula is C21H23ClN4O. The fourth-order valence-electron chi connectivity index (χ4n) is 3.54. The number of rotatable bonds is 4. The Morgan fingerprint density at radius 3 is 2.59 bits per heavy atom. The van der Waals surface area contributed by atoms with Crippen molar-refractivity contribution in [1.82, 2.24) is 10.3 Å². The molecular weight excluding hydrogens is 360 g/mol. The smallest absolute Gasteiger partial charge is 0.148 e. The molecule has 3 aromatic rings. The van der Waals surface area contributed by atoms with E-state index in [-0.39, 0.29) is 0 Å². The number of fused-ring (bicyclic) bond motifs is 1. The van der Waals surface area contributed by atoms with E-state index < -0.39 is 0 Å². The lowest BCUT2D eigenvalue weighted by atomic mass is 10.0. The molecule has 1 fully saturated rings. The summed E-state index contributed by atoms with van der Waals surface area (Å²) in [4.78, 5) is 7.06. The van der Waals surface area contributed by atoms with Gasteiger partial charge in [0.2, 0.25) is 0 Å². The summed E-state index contributed by atoms with van der Waals surface area (Å²) in [6.07, 6.45) is 0. The monoisotopic (exact) mass is 382 g/mol. The van der Waals surface area contributed by atoms with Crippen molar-refractivity contribution < 1.29 is 4.74 Å². The van der Waals surface area contributed by atoms with Gasteiger partial charge in [0.05, 0.1) is 17.6 Å². The second-order valence-electron chi connectivity index (χ2n) is 6.67. The van der Waals surface area contributed by atoms with Crippen LogP contribution in [0, 0.1) is 0 Å². The maximum Gasteiger partial charge on any atom is 0.148 e. The quantitative estimate of drug-likeness (QED) is 0.723. The van der Waals surface area contributed by atoms with Gasteiger partial charge in [0.1, 0.15) is 11.6 Å². The third kappa shape index (κ3) is 3.58. The molecule has 1 saturated heterocycles. The Kier molecular flexibility index (Phi) is 5.16. The second kappa shape index (κ2) is 7.72. The van der Waals surface area contributed by atoms with Gasteiger partial charge >= 0.3 is 0 Å². The van der Waals surface area contributed by atoms with Gasteiger partial charge in [0.15, 0.2) is 0 Å². The molecule has 1 aromatic heterocycles. The van der Waals surface area contributed by atoms with Crippen molar-refractivity contribution in [3.8, 4) is 16.9 Å². The number of hydrogen-bond donors (Lipinski definition) is 2. The van der Waals surface area contributed by atoms with Gasteiger partial charge in [-0.05, 0) is 41.5 Å². The number of pyridine rings is 1. The van der Waals surface area contributed by atoms with E-state index in [0.717, 1.165) is 65.3 Å².